The van der Waals surface area contributed by atoms with Gasteiger partial charge in [-0.3, -0.25) is 4.79 Å². The molecule has 0 aliphatic heterocycles. The van der Waals surface area contributed by atoms with E-state index in [-0.39, 0.29) is 5.97 Å². The molecule has 0 radical (unpaired) electrons. The molecule has 0 saturated heterocycles. The van der Waals surface area contributed by atoms with Crippen molar-refractivity contribution in [2.75, 3.05) is 19.0 Å². The summed E-state index contributed by atoms with van der Waals surface area (Å²) in [6, 6.07) is 6.77. The van der Waals surface area contributed by atoms with E-state index in [1.165, 1.54) is 7.11 Å². The molecule has 0 unspecified atom stereocenters. The Morgan fingerprint density at radius 2 is 2.05 bits per heavy atom. The molecule has 106 valence electrons. The van der Waals surface area contributed by atoms with Gasteiger partial charge in [0.25, 0.3) is 5.76 Å². The van der Waals surface area contributed by atoms with Crippen molar-refractivity contribution < 1.29 is 18.3 Å². The lowest BCUT2D eigenvalue weighted by Gasteiger charge is -2.23. The summed E-state index contributed by atoms with van der Waals surface area (Å²) in [7, 11) is 1.32. The quantitative estimate of drug-likeness (QED) is 0.641. The van der Waals surface area contributed by atoms with Crippen molar-refractivity contribution in [2.24, 2.45) is 5.41 Å². The van der Waals surface area contributed by atoms with E-state index in [2.05, 4.69) is 5.32 Å². The average molecular weight is 289 g/mol. The van der Waals surface area contributed by atoms with Crippen molar-refractivity contribution in [3.8, 4) is 0 Å². The SMILES string of the molecule is COC(=O)C(C)(C)CNc1ccccc1SC(F)F. The Labute approximate surface area is 115 Å². The lowest BCUT2D eigenvalue weighted by molar-refractivity contribution is -0.149. The predicted molar refractivity (Wildman–Crippen MR) is 72.6 cm³/mol. The fourth-order valence-corrected chi connectivity index (χ4v) is 2.09. The smallest absolute Gasteiger partial charge is 0.313 e. The van der Waals surface area contributed by atoms with E-state index in [9.17, 15) is 13.6 Å². The number of alkyl halides is 2. The number of thioether (sulfide) groups is 1. The molecule has 1 rings (SSSR count). The number of carbonyl (C=O) groups is 1. The maximum absolute atomic E-state index is 12.4. The van der Waals surface area contributed by atoms with Crippen LogP contribution in [0.2, 0.25) is 0 Å². The summed E-state index contributed by atoms with van der Waals surface area (Å²) in [5.41, 5.74) is -0.137. The van der Waals surface area contributed by atoms with Crippen LogP contribution in [0.4, 0.5) is 14.5 Å². The molecule has 0 aromatic heterocycles. The van der Waals surface area contributed by atoms with E-state index in [0.717, 1.165) is 0 Å². The Bertz CT molecular complexity index is 438. The third-order valence-corrected chi connectivity index (χ3v) is 3.35. The van der Waals surface area contributed by atoms with E-state index in [1.807, 2.05) is 0 Å². The number of hydrogen-bond acceptors (Lipinski definition) is 4. The topological polar surface area (TPSA) is 38.3 Å². The van der Waals surface area contributed by atoms with Crippen molar-refractivity contribution >= 4 is 23.4 Å². The van der Waals surface area contributed by atoms with Gasteiger partial charge in [-0.25, -0.2) is 0 Å². The molecule has 0 spiro atoms. The van der Waals surface area contributed by atoms with Crippen LogP contribution in [0.3, 0.4) is 0 Å². The number of esters is 1. The monoisotopic (exact) mass is 289 g/mol. The number of benzene rings is 1. The summed E-state index contributed by atoms with van der Waals surface area (Å²) >= 11 is 0.478. The van der Waals surface area contributed by atoms with Gasteiger partial charge < -0.3 is 10.1 Å². The molecule has 0 aliphatic carbocycles. The van der Waals surface area contributed by atoms with E-state index < -0.39 is 11.2 Å². The third kappa shape index (κ3) is 4.70. The number of hydrogen-bond donors (Lipinski definition) is 1. The third-order valence-electron chi connectivity index (χ3n) is 2.56. The van der Waals surface area contributed by atoms with Gasteiger partial charge in [0, 0.05) is 17.1 Å². The minimum absolute atomic E-state index is 0.306. The summed E-state index contributed by atoms with van der Waals surface area (Å²) in [5, 5.41) is 3.02. The highest BCUT2D eigenvalue weighted by Gasteiger charge is 2.28. The number of ether oxygens (including phenoxy) is 1. The molecule has 0 atom stereocenters. The standard InChI is InChI=1S/C13H17F2NO2S/c1-13(2,11(17)18-3)8-16-9-6-4-5-7-10(9)19-12(14)15/h4-7,12,16H,8H2,1-3H3. The molecular weight excluding hydrogens is 272 g/mol. The van der Waals surface area contributed by atoms with Crippen LogP contribution in [0.15, 0.2) is 29.2 Å². The molecule has 3 nitrogen and oxygen atoms in total. The fraction of sp³-hybridized carbons (Fsp3) is 0.462. The number of rotatable bonds is 6. The van der Waals surface area contributed by atoms with Crippen molar-refractivity contribution in [2.45, 2.75) is 24.5 Å². The lowest BCUT2D eigenvalue weighted by atomic mass is 9.93. The van der Waals surface area contributed by atoms with Gasteiger partial charge in [-0.2, -0.15) is 8.78 Å². The highest BCUT2D eigenvalue weighted by atomic mass is 32.2. The minimum atomic E-state index is -2.48. The first-order valence-corrected chi connectivity index (χ1v) is 6.61. The fourth-order valence-electron chi connectivity index (χ4n) is 1.48. The van der Waals surface area contributed by atoms with Crippen LogP contribution in [0.5, 0.6) is 0 Å². The lowest BCUT2D eigenvalue weighted by Crippen LogP contribution is -2.33. The van der Waals surface area contributed by atoms with Crippen LogP contribution in [0.1, 0.15) is 13.8 Å². The Kier molecular flexibility index (Phi) is 5.60. The maximum atomic E-state index is 12.4. The van der Waals surface area contributed by atoms with Crippen molar-refractivity contribution in [3.63, 3.8) is 0 Å². The normalized spacial score (nSPS) is 11.5. The molecule has 0 amide bonds. The highest BCUT2D eigenvalue weighted by molar-refractivity contribution is 7.99. The molecule has 0 fully saturated rings. The zero-order valence-electron chi connectivity index (χ0n) is 11.1. The van der Waals surface area contributed by atoms with Gasteiger partial charge in [0.05, 0.1) is 12.5 Å². The van der Waals surface area contributed by atoms with E-state index in [1.54, 1.807) is 38.1 Å². The molecule has 1 N–H and O–H groups in total. The molecule has 1 aromatic carbocycles. The van der Waals surface area contributed by atoms with Crippen LogP contribution >= 0.6 is 11.8 Å². The predicted octanol–water partition coefficient (Wildman–Crippen LogP) is 3.61. The highest BCUT2D eigenvalue weighted by Crippen LogP contribution is 2.32. The Morgan fingerprint density at radius 1 is 1.42 bits per heavy atom. The van der Waals surface area contributed by atoms with Gasteiger partial charge in [0.1, 0.15) is 0 Å². The summed E-state index contributed by atoms with van der Waals surface area (Å²) in [6.07, 6.45) is 0. The zero-order valence-corrected chi connectivity index (χ0v) is 11.9. The largest absolute Gasteiger partial charge is 0.469 e. The molecule has 0 aliphatic rings. The van der Waals surface area contributed by atoms with Crippen LogP contribution in [0, 0.1) is 5.41 Å². The number of halogens is 2. The Balaban J connectivity index is 2.75. The van der Waals surface area contributed by atoms with Gasteiger partial charge in [0.15, 0.2) is 0 Å². The first-order chi connectivity index (χ1) is 8.86. The first kappa shape index (κ1) is 15.8. The number of carbonyl (C=O) groups excluding carboxylic acids is 1. The average Bonchev–Trinajstić information content (AvgIpc) is 2.36. The van der Waals surface area contributed by atoms with Crippen LogP contribution < -0.4 is 5.32 Å². The minimum Gasteiger partial charge on any atom is -0.469 e. The van der Waals surface area contributed by atoms with Gasteiger partial charge >= 0.3 is 5.97 Å². The van der Waals surface area contributed by atoms with Crippen molar-refractivity contribution in [1.29, 1.82) is 0 Å². The molecular formula is C13H17F2NO2S. The molecule has 0 bridgehead atoms. The van der Waals surface area contributed by atoms with Gasteiger partial charge in [-0.1, -0.05) is 23.9 Å². The molecule has 0 saturated carbocycles. The number of nitrogens with one attached hydrogen (secondary N) is 1. The summed E-state index contributed by atoms with van der Waals surface area (Å²) < 4.78 is 29.5. The maximum Gasteiger partial charge on any atom is 0.313 e. The second kappa shape index (κ2) is 6.75. The second-order valence-electron chi connectivity index (χ2n) is 4.60. The number of para-hydroxylation sites is 1. The van der Waals surface area contributed by atoms with E-state index in [4.69, 9.17) is 4.74 Å². The van der Waals surface area contributed by atoms with Gasteiger partial charge in [0.2, 0.25) is 0 Å². The number of methoxy groups -OCH3 is 1. The molecule has 19 heavy (non-hydrogen) atoms. The summed E-state index contributed by atoms with van der Waals surface area (Å²) in [6.45, 7) is 3.77. The second-order valence-corrected chi connectivity index (χ2v) is 5.64. The van der Waals surface area contributed by atoms with E-state index in [0.29, 0.717) is 28.9 Å². The Hall–Kier alpha value is -1.30. The Morgan fingerprint density at radius 3 is 2.63 bits per heavy atom. The van der Waals surface area contributed by atoms with Crippen molar-refractivity contribution in [3.05, 3.63) is 24.3 Å². The van der Waals surface area contributed by atoms with Crippen LogP contribution in [-0.2, 0) is 9.53 Å². The van der Waals surface area contributed by atoms with Crippen LogP contribution in [-0.4, -0.2) is 25.4 Å². The van der Waals surface area contributed by atoms with Crippen LogP contribution in [0.25, 0.3) is 0 Å². The number of anilines is 1. The van der Waals surface area contributed by atoms with Gasteiger partial charge in [-0.15, -0.1) is 0 Å². The van der Waals surface area contributed by atoms with Crippen molar-refractivity contribution in [1.82, 2.24) is 0 Å². The van der Waals surface area contributed by atoms with E-state index >= 15 is 0 Å². The zero-order chi connectivity index (χ0) is 14.5. The molecule has 6 heteroatoms. The summed E-state index contributed by atoms with van der Waals surface area (Å²) in [5.74, 6) is -2.82. The van der Waals surface area contributed by atoms with Gasteiger partial charge in [-0.05, 0) is 26.0 Å². The molecule has 0 heterocycles. The molecule has 1 aromatic rings. The summed E-state index contributed by atoms with van der Waals surface area (Å²) in [4.78, 5) is 12.0. The first-order valence-electron chi connectivity index (χ1n) is 5.73.